The minimum Gasteiger partial charge on any atom is -0.261 e. The van der Waals surface area contributed by atoms with Crippen LogP contribution in [0.4, 0.5) is 10.2 Å². The fourth-order valence-corrected chi connectivity index (χ4v) is 4.12. The molecule has 0 aliphatic rings. The summed E-state index contributed by atoms with van der Waals surface area (Å²) < 4.78 is 42.8. The van der Waals surface area contributed by atoms with Crippen molar-refractivity contribution in [2.45, 2.75) is 31.7 Å². The Hall–Kier alpha value is -3.00. The quantitative estimate of drug-likeness (QED) is 0.545. The third kappa shape index (κ3) is 3.31. The molecule has 2 aromatic heterocycles. The highest BCUT2D eigenvalue weighted by atomic mass is 32.2. The number of aromatic nitrogens is 3. The number of fused-ring (bicyclic) bond motifs is 2. The summed E-state index contributed by atoms with van der Waals surface area (Å²) in [4.78, 5) is 4.68. The normalized spacial score (nSPS) is 12.0. The van der Waals surface area contributed by atoms with E-state index in [-0.39, 0.29) is 10.7 Å². The Bertz CT molecular complexity index is 1280. The highest BCUT2D eigenvalue weighted by Crippen LogP contribution is 2.28. The van der Waals surface area contributed by atoms with E-state index in [0.717, 1.165) is 35.0 Å². The molecule has 0 bridgehead atoms. The van der Waals surface area contributed by atoms with Crippen molar-refractivity contribution in [1.29, 1.82) is 0 Å². The maximum atomic E-state index is 13.1. The van der Waals surface area contributed by atoms with E-state index in [2.05, 4.69) is 9.82 Å². The van der Waals surface area contributed by atoms with Gasteiger partial charge >= 0.3 is 0 Å². The monoisotopic (exact) mass is 398 g/mol. The number of anilines is 1. The highest BCUT2D eigenvalue weighted by Gasteiger charge is 2.20. The van der Waals surface area contributed by atoms with Gasteiger partial charge in [-0.05, 0) is 55.3 Å². The molecule has 1 N–H and O–H groups in total. The van der Waals surface area contributed by atoms with Crippen molar-refractivity contribution in [2.24, 2.45) is 0 Å². The molecule has 0 atom stereocenters. The van der Waals surface area contributed by atoms with Gasteiger partial charge in [-0.25, -0.2) is 22.5 Å². The molecule has 4 aromatic rings. The molecule has 0 radical (unpaired) electrons. The standard InChI is InChI=1S/C20H19FN4O2S/c1-3-10-25-20-17(12-14-5-4-13(2)11-18(14)22-20)19(23-25)24-28(26,27)16-8-6-15(21)7-9-16/h4-9,11-12H,3,10H2,1-2H3,(H,23,24). The van der Waals surface area contributed by atoms with Crippen LogP contribution in [0.1, 0.15) is 18.9 Å². The number of nitrogens with zero attached hydrogens (tertiary/aromatic N) is 3. The number of hydrogen-bond donors (Lipinski definition) is 1. The number of benzene rings is 2. The zero-order valence-corrected chi connectivity index (χ0v) is 16.3. The molecule has 144 valence electrons. The maximum absolute atomic E-state index is 13.1. The van der Waals surface area contributed by atoms with Gasteiger partial charge in [0.2, 0.25) is 0 Å². The highest BCUT2D eigenvalue weighted by molar-refractivity contribution is 7.92. The minimum atomic E-state index is -3.90. The average molecular weight is 398 g/mol. The van der Waals surface area contributed by atoms with Gasteiger partial charge in [0.15, 0.2) is 11.5 Å². The molecule has 28 heavy (non-hydrogen) atoms. The van der Waals surface area contributed by atoms with Crippen LogP contribution in [0.15, 0.2) is 53.4 Å². The Morgan fingerprint density at radius 1 is 1.11 bits per heavy atom. The Morgan fingerprint density at radius 3 is 2.57 bits per heavy atom. The van der Waals surface area contributed by atoms with Crippen LogP contribution in [0, 0.1) is 12.7 Å². The molecule has 0 saturated heterocycles. The topological polar surface area (TPSA) is 76.9 Å². The Kier molecular flexibility index (Phi) is 4.50. The molecule has 0 spiro atoms. The molecular formula is C20H19FN4O2S. The number of nitrogens with one attached hydrogen (secondary N) is 1. The molecule has 4 rings (SSSR count). The summed E-state index contributed by atoms with van der Waals surface area (Å²) in [5.41, 5.74) is 2.55. The van der Waals surface area contributed by atoms with Crippen molar-refractivity contribution >= 4 is 37.8 Å². The lowest BCUT2D eigenvalue weighted by atomic mass is 10.1. The smallest absolute Gasteiger partial charge is 0.261 e. The minimum absolute atomic E-state index is 0.0311. The van der Waals surface area contributed by atoms with Crippen LogP contribution in [-0.4, -0.2) is 23.2 Å². The summed E-state index contributed by atoms with van der Waals surface area (Å²) in [7, 11) is -3.90. The lowest BCUT2D eigenvalue weighted by Crippen LogP contribution is -2.14. The number of pyridine rings is 1. The van der Waals surface area contributed by atoms with E-state index in [1.54, 1.807) is 4.68 Å². The van der Waals surface area contributed by atoms with Gasteiger partial charge in [-0.2, -0.15) is 5.10 Å². The molecule has 8 heteroatoms. The second-order valence-corrected chi connectivity index (χ2v) is 8.37. The fraction of sp³-hybridized carbons (Fsp3) is 0.200. The van der Waals surface area contributed by atoms with E-state index in [4.69, 9.17) is 4.98 Å². The summed E-state index contributed by atoms with van der Waals surface area (Å²) in [5.74, 6) is -0.287. The van der Waals surface area contributed by atoms with Crippen LogP contribution in [0.25, 0.3) is 21.9 Å². The number of sulfonamides is 1. The molecule has 0 amide bonds. The number of aryl methyl sites for hydroxylation is 2. The molecule has 6 nitrogen and oxygen atoms in total. The van der Waals surface area contributed by atoms with Crippen molar-refractivity contribution in [1.82, 2.24) is 14.8 Å². The third-order valence-electron chi connectivity index (χ3n) is 4.46. The van der Waals surface area contributed by atoms with E-state index in [9.17, 15) is 12.8 Å². The van der Waals surface area contributed by atoms with Crippen molar-refractivity contribution in [3.05, 3.63) is 59.9 Å². The number of hydrogen-bond acceptors (Lipinski definition) is 4. The van der Waals surface area contributed by atoms with Crippen LogP contribution in [0.2, 0.25) is 0 Å². The van der Waals surface area contributed by atoms with Gasteiger partial charge in [-0.1, -0.05) is 19.1 Å². The second-order valence-electron chi connectivity index (χ2n) is 6.69. The molecular weight excluding hydrogens is 379 g/mol. The van der Waals surface area contributed by atoms with E-state index in [1.165, 1.54) is 12.1 Å². The summed E-state index contributed by atoms with van der Waals surface area (Å²) in [6, 6.07) is 12.5. The number of halogens is 1. The molecule has 0 unspecified atom stereocenters. The summed E-state index contributed by atoms with van der Waals surface area (Å²) in [6.45, 7) is 4.62. The predicted octanol–water partition coefficient (Wildman–Crippen LogP) is 4.24. The van der Waals surface area contributed by atoms with Crippen molar-refractivity contribution in [3.63, 3.8) is 0 Å². The molecule has 0 aliphatic carbocycles. The first kappa shape index (κ1) is 18.4. The van der Waals surface area contributed by atoms with E-state index >= 15 is 0 Å². The molecule has 0 fully saturated rings. The Morgan fingerprint density at radius 2 is 1.86 bits per heavy atom. The van der Waals surface area contributed by atoms with Crippen LogP contribution >= 0.6 is 0 Å². The Balaban J connectivity index is 1.86. The average Bonchev–Trinajstić information content (AvgIpc) is 2.96. The molecule has 0 aliphatic heterocycles. The zero-order chi connectivity index (χ0) is 19.9. The van der Waals surface area contributed by atoms with Crippen molar-refractivity contribution < 1.29 is 12.8 Å². The van der Waals surface area contributed by atoms with Gasteiger partial charge in [-0.3, -0.25) is 4.72 Å². The van der Waals surface area contributed by atoms with Crippen molar-refractivity contribution in [2.75, 3.05) is 4.72 Å². The SMILES string of the molecule is CCCn1nc(NS(=O)(=O)c2ccc(F)cc2)c2cc3ccc(C)cc3nc21. The summed E-state index contributed by atoms with van der Waals surface area (Å²) in [6.07, 6.45) is 0.828. The fourth-order valence-electron chi connectivity index (χ4n) is 3.10. The van der Waals surface area contributed by atoms with E-state index < -0.39 is 15.8 Å². The van der Waals surface area contributed by atoms with Gasteiger partial charge in [0.1, 0.15) is 5.82 Å². The van der Waals surface area contributed by atoms with Gasteiger partial charge in [-0.15, -0.1) is 0 Å². The van der Waals surface area contributed by atoms with Gasteiger partial charge < -0.3 is 0 Å². The van der Waals surface area contributed by atoms with Gasteiger partial charge in [0.05, 0.1) is 15.8 Å². The lowest BCUT2D eigenvalue weighted by molar-refractivity contribution is 0.598. The van der Waals surface area contributed by atoms with Crippen LogP contribution in [0.3, 0.4) is 0 Å². The van der Waals surface area contributed by atoms with Crippen LogP contribution in [0.5, 0.6) is 0 Å². The van der Waals surface area contributed by atoms with E-state index in [1.807, 2.05) is 38.1 Å². The maximum Gasteiger partial charge on any atom is 0.263 e. The zero-order valence-electron chi connectivity index (χ0n) is 15.5. The lowest BCUT2D eigenvalue weighted by Gasteiger charge is -2.06. The third-order valence-corrected chi connectivity index (χ3v) is 5.82. The first-order chi connectivity index (χ1) is 13.4. The first-order valence-electron chi connectivity index (χ1n) is 8.94. The second kappa shape index (κ2) is 6.87. The predicted molar refractivity (Wildman–Crippen MR) is 107 cm³/mol. The van der Waals surface area contributed by atoms with Gasteiger partial charge in [0, 0.05) is 11.9 Å². The molecule has 0 saturated carbocycles. The van der Waals surface area contributed by atoms with Gasteiger partial charge in [0.25, 0.3) is 10.0 Å². The van der Waals surface area contributed by atoms with E-state index in [0.29, 0.717) is 17.6 Å². The molecule has 2 heterocycles. The summed E-state index contributed by atoms with van der Waals surface area (Å²) >= 11 is 0. The first-order valence-corrected chi connectivity index (χ1v) is 10.4. The molecule has 2 aromatic carbocycles. The largest absolute Gasteiger partial charge is 0.263 e. The number of rotatable bonds is 5. The van der Waals surface area contributed by atoms with Crippen molar-refractivity contribution in [3.8, 4) is 0 Å². The van der Waals surface area contributed by atoms with Crippen LogP contribution in [-0.2, 0) is 16.6 Å². The Labute approximate surface area is 162 Å². The summed E-state index contributed by atoms with van der Waals surface area (Å²) in [5, 5.41) is 5.96. The van der Waals surface area contributed by atoms with Crippen LogP contribution < -0.4 is 4.72 Å².